The summed E-state index contributed by atoms with van der Waals surface area (Å²) in [5, 5.41) is 0. The molecule has 0 aliphatic carbocycles. The smallest absolute Gasteiger partial charge is 0.410 e. The summed E-state index contributed by atoms with van der Waals surface area (Å²) >= 11 is 0. The number of carbonyl (C=O) groups excluding carboxylic acids is 1. The maximum atomic E-state index is 12.5. The molecule has 3 heterocycles. The molecule has 3 aliphatic heterocycles. The van der Waals surface area contributed by atoms with Gasteiger partial charge in [-0.15, -0.1) is 0 Å². The summed E-state index contributed by atoms with van der Waals surface area (Å²) in [6.07, 6.45) is -2.97. The van der Waals surface area contributed by atoms with E-state index in [0.717, 1.165) is 0 Å². The van der Waals surface area contributed by atoms with Crippen molar-refractivity contribution >= 4 is 6.09 Å². The molecule has 0 aromatic rings. The molecule has 8 heteroatoms. The van der Waals surface area contributed by atoms with Crippen LogP contribution in [0.1, 0.15) is 41.5 Å². The molecule has 0 bridgehead atoms. The van der Waals surface area contributed by atoms with Gasteiger partial charge in [0.25, 0.3) is 0 Å². The number of rotatable bonds is 4. The fourth-order valence-electron chi connectivity index (χ4n) is 3.49. The Morgan fingerprint density at radius 2 is 1.72 bits per heavy atom. The second-order valence-corrected chi connectivity index (χ2v) is 7.46. The molecule has 1 amide bonds. The van der Waals surface area contributed by atoms with E-state index in [9.17, 15) is 4.79 Å². The molecule has 0 aromatic heterocycles. The van der Waals surface area contributed by atoms with Crippen LogP contribution in [-0.2, 0) is 28.4 Å². The van der Waals surface area contributed by atoms with Gasteiger partial charge in [0.1, 0.15) is 12.2 Å². The van der Waals surface area contributed by atoms with Gasteiger partial charge in [-0.25, -0.2) is 4.79 Å². The van der Waals surface area contributed by atoms with Gasteiger partial charge < -0.3 is 33.3 Å². The van der Waals surface area contributed by atoms with Crippen LogP contribution in [0.15, 0.2) is 0 Å². The summed E-state index contributed by atoms with van der Waals surface area (Å²) in [4.78, 5) is 14.1. The topological polar surface area (TPSA) is 75.7 Å². The first-order valence-corrected chi connectivity index (χ1v) is 8.94. The zero-order valence-corrected chi connectivity index (χ0v) is 15.8. The van der Waals surface area contributed by atoms with E-state index < -0.39 is 42.3 Å². The minimum absolute atomic E-state index is 0.356. The first-order chi connectivity index (χ1) is 11.7. The van der Waals surface area contributed by atoms with Crippen LogP contribution < -0.4 is 0 Å². The molecule has 0 saturated carbocycles. The molecular formula is C17H29NO7. The van der Waals surface area contributed by atoms with Gasteiger partial charge in [-0.05, 0) is 41.5 Å². The molecule has 0 aromatic carbocycles. The maximum Gasteiger partial charge on any atom is 0.410 e. The van der Waals surface area contributed by atoms with Crippen molar-refractivity contribution in [2.24, 2.45) is 0 Å². The van der Waals surface area contributed by atoms with Crippen molar-refractivity contribution in [2.75, 3.05) is 19.7 Å². The van der Waals surface area contributed by atoms with Crippen molar-refractivity contribution in [3.8, 4) is 0 Å². The van der Waals surface area contributed by atoms with Crippen LogP contribution in [0.5, 0.6) is 0 Å². The largest absolute Gasteiger partial charge is 0.440 e. The number of ether oxygens (including phenoxy) is 6. The molecule has 8 nitrogen and oxygen atoms in total. The van der Waals surface area contributed by atoms with Crippen LogP contribution >= 0.6 is 0 Å². The lowest BCUT2D eigenvalue weighted by molar-refractivity contribution is -0.232. The van der Waals surface area contributed by atoms with Crippen molar-refractivity contribution in [1.29, 1.82) is 0 Å². The van der Waals surface area contributed by atoms with Gasteiger partial charge in [0.2, 0.25) is 0 Å². The Morgan fingerprint density at radius 3 is 2.28 bits per heavy atom. The summed E-state index contributed by atoms with van der Waals surface area (Å²) < 4.78 is 35.1. The van der Waals surface area contributed by atoms with Gasteiger partial charge in [0, 0.05) is 13.1 Å². The van der Waals surface area contributed by atoms with Crippen LogP contribution in [0.3, 0.4) is 0 Å². The highest BCUT2D eigenvalue weighted by molar-refractivity contribution is 5.67. The molecule has 0 spiro atoms. The van der Waals surface area contributed by atoms with E-state index in [2.05, 4.69) is 0 Å². The summed E-state index contributed by atoms with van der Waals surface area (Å²) in [6.45, 7) is 12.6. The SMILES string of the molecule is CCN(CC)C(=O)O[C@@H]1[C@H]2OC(C)(C)O[C@H]2O[C@@H]1[C@H]1COC(C)(C)O1. The third-order valence-corrected chi connectivity index (χ3v) is 4.68. The summed E-state index contributed by atoms with van der Waals surface area (Å²) in [5.74, 6) is -1.48. The quantitative estimate of drug-likeness (QED) is 0.758. The minimum atomic E-state index is -0.785. The van der Waals surface area contributed by atoms with Crippen LogP contribution in [0.2, 0.25) is 0 Å². The third-order valence-electron chi connectivity index (χ3n) is 4.68. The first-order valence-electron chi connectivity index (χ1n) is 8.94. The van der Waals surface area contributed by atoms with Gasteiger partial charge in [-0.3, -0.25) is 0 Å². The van der Waals surface area contributed by atoms with E-state index in [1.807, 2.05) is 41.5 Å². The zero-order valence-electron chi connectivity index (χ0n) is 15.8. The highest BCUT2D eigenvalue weighted by atomic mass is 16.9. The lowest BCUT2D eigenvalue weighted by Gasteiger charge is -2.30. The molecule has 25 heavy (non-hydrogen) atoms. The monoisotopic (exact) mass is 359 g/mol. The number of hydrogen-bond donors (Lipinski definition) is 0. The molecular weight excluding hydrogens is 330 g/mol. The van der Waals surface area contributed by atoms with Crippen LogP contribution in [-0.4, -0.2) is 73.0 Å². The van der Waals surface area contributed by atoms with E-state index >= 15 is 0 Å². The number of amides is 1. The highest BCUT2D eigenvalue weighted by Gasteiger charge is 2.60. The Kier molecular flexibility index (Phi) is 5.02. The van der Waals surface area contributed by atoms with Gasteiger partial charge in [-0.2, -0.15) is 0 Å². The van der Waals surface area contributed by atoms with Gasteiger partial charge >= 0.3 is 6.09 Å². The number of fused-ring (bicyclic) bond motifs is 1. The Labute approximate surface area is 148 Å². The lowest BCUT2D eigenvalue weighted by atomic mass is 10.1. The van der Waals surface area contributed by atoms with E-state index in [1.165, 1.54) is 0 Å². The van der Waals surface area contributed by atoms with Crippen molar-refractivity contribution in [2.45, 2.75) is 83.8 Å². The van der Waals surface area contributed by atoms with Crippen LogP contribution in [0.25, 0.3) is 0 Å². The van der Waals surface area contributed by atoms with Gasteiger partial charge in [0.05, 0.1) is 6.61 Å². The molecule has 0 N–H and O–H groups in total. The maximum absolute atomic E-state index is 12.5. The Morgan fingerprint density at radius 1 is 1.04 bits per heavy atom. The summed E-state index contributed by atoms with van der Waals surface area (Å²) in [7, 11) is 0. The molecule has 144 valence electrons. The fraction of sp³-hybridized carbons (Fsp3) is 0.941. The lowest BCUT2D eigenvalue weighted by Crippen LogP contribution is -2.47. The summed E-state index contributed by atoms with van der Waals surface area (Å²) in [5.41, 5.74) is 0. The van der Waals surface area contributed by atoms with E-state index in [-0.39, 0.29) is 6.10 Å². The van der Waals surface area contributed by atoms with Gasteiger partial charge in [-0.1, -0.05) is 0 Å². The van der Waals surface area contributed by atoms with E-state index in [1.54, 1.807) is 4.90 Å². The number of nitrogens with zero attached hydrogens (tertiary/aromatic N) is 1. The Bertz CT molecular complexity index is 505. The molecule has 3 rings (SSSR count). The first kappa shape index (κ1) is 18.8. The van der Waals surface area contributed by atoms with Crippen molar-refractivity contribution < 1.29 is 33.2 Å². The van der Waals surface area contributed by atoms with Crippen molar-refractivity contribution in [3.63, 3.8) is 0 Å². The summed E-state index contributed by atoms with van der Waals surface area (Å²) in [6, 6.07) is 0. The average Bonchev–Trinajstić information content (AvgIpc) is 3.11. The second-order valence-electron chi connectivity index (χ2n) is 7.46. The number of hydrogen-bond acceptors (Lipinski definition) is 7. The standard InChI is InChI=1S/C17H29NO7/c1-7-18(8-2)15(19)22-12-11(10-9-20-16(3,4)23-10)21-14-13(12)24-17(5,6)25-14/h10-14H,7-9H2,1-6H3/t10-,11-,12+,13-,14-/m1/s1. The van der Waals surface area contributed by atoms with Crippen molar-refractivity contribution in [3.05, 3.63) is 0 Å². The second kappa shape index (κ2) is 6.66. The predicted octanol–water partition coefficient (Wildman–Crippen LogP) is 1.86. The van der Waals surface area contributed by atoms with Crippen LogP contribution in [0.4, 0.5) is 4.79 Å². The molecule has 0 unspecified atom stereocenters. The molecule has 3 saturated heterocycles. The average molecular weight is 359 g/mol. The van der Waals surface area contributed by atoms with Crippen LogP contribution in [0, 0.1) is 0 Å². The number of carbonyl (C=O) groups is 1. The molecule has 3 aliphatic rings. The predicted molar refractivity (Wildman–Crippen MR) is 86.8 cm³/mol. The normalized spacial score (nSPS) is 38.6. The molecule has 5 atom stereocenters. The van der Waals surface area contributed by atoms with Gasteiger partial charge in [0.15, 0.2) is 30.1 Å². The van der Waals surface area contributed by atoms with Crippen molar-refractivity contribution in [1.82, 2.24) is 4.90 Å². The zero-order chi connectivity index (χ0) is 18.4. The van der Waals surface area contributed by atoms with E-state index in [0.29, 0.717) is 19.7 Å². The Hall–Kier alpha value is -0.930. The fourth-order valence-corrected chi connectivity index (χ4v) is 3.49. The molecule has 3 fully saturated rings. The minimum Gasteiger partial charge on any atom is -0.440 e. The third kappa shape index (κ3) is 3.78. The Balaban J connectivity index is 1.77. The van der Waals surface area contributed by atoms with E-state index in [4.69, 9.17) is 28.4 Å². The molecule has 0 radical (unpaired) electrons. The highest BCUT2D eigenvalue weighted by Crippen LogP contribution is 2.42.